The second kappa shape index (κ2) is 4.44. The summed E-state index contributed by atoms with van der Waals surface area (Å²) in [6, 6.07) is 0. The molecule has 0 heterocycles. The minimum atomic E-state index is 0.390. The molecular weight excluding hydrogens is 148 g/mol. The lowest BCUT2D eigenvalue weighted by Crippen LogP contribution is -2.00. The molecular formula is C11H18O. The van der Waals surface area contributed by atoms with Gasteiger partial charge in [-0.15, -0.1) is 0 Å². The zero-order chi connectivity index (χ0) is 8.97. The predicted octanol–water partition coefficient (Wildman–Crippen LogP) is 3.10. The molecule has 0 aromatic carbocycles. The fourth-order valence-electron chi connectivity index (χ4n) is 1.66. The first-order chi connectivity index (χ1) is 5.70. The van der Waals surface area contributed by atoms with Crippen LogP contribution >= 0.6 is 0 Å². The van der Waals surface area contributed by atoms with E-state index in [1.165, 1.54) is 12.8 Å². The van der Waals surface area contributed by atoms with Crippen molar-refractivity contribution in [3.8, 4) is 0 Å². The number of carbonyl (C=O) groups is 1. The average Bonchev–Trinajstić information content (AvgIpc) is 2.16. The van der Waals surface area contributed by atoms with E-state index < -0.39 is 0 Å². The highest BCUT2D eigenvalue weighted by Gasteiger charge is 2.12. The lowest BCUT2D eigenvalue weighted by molar-refractivity contribution is -0.115. The van der Waals surface area contributed by atoms with Crippen molar-refractivity contribution in [3.63, 3.8) is 0 Å². The quantitative estimate of drug-likeness (QED) is 0.432. The van der Waals surface area contributed by atoms with E-state index in [9.17, 15) is 4.79 Å². The highest BCUT2D eigenvalue weighted by molar-refractivity contribution is 5.95. The second-order valence-corrected chi connectivity index (χ2v) is 3.92. The second-order valence-electron chi connectivity index (χ2n) is 3.92. The molecule has 0 bridgehead atoms. The molecule has 1 heteroatoms. The van der Waals surface area contributed by atoms with E-state index in [1.807, 2.05) is 0 Å². The van der Waals surface area contributed by atoms with Crippen LogP contribution in [0.4, 0.5) is 0 Å². The van der Waals surface area contributed by atoms with Gasteiger partial charge in [-0.3, -0.25) is 4.79 Å². The van der Waals surface area contributed by atoms with Gasteiger partial charge in [0.05, 0.1) is 0 Å². The molecule has 0 aromatic heterocycles. The minimum Gasteiger partial charge on any atom is -0.295 e. The molecule has 0 atom stereocenters. The summed E-state index contributed by atoms with van der Waals surface area (Å²) in [5, 5.41) is 0. The number of rotatable bonds is 1. The zero-order valence-electron chi connectivity index (χ0n) is 8.10. The number of hydrogen-bond acceptors (Lipinski definition) is 1. The molecule has 0 aliphatic heterocycles. The van der Waals surface area contributed by atoms with Crippen LogP contribution in [0, 0.1) is 5.92 Å². The Balaban J connectivity index is 2.65. The molecule has 1 aliphatic carbocycles. The Morgan fingerprint density at radius 1 is 1.17 bits per heavy atom. The van der Waals surface area contributed by atoms with Crippen LogP contribution in [0.5, 0.6) is 0 Å². The molecule has 68 valence electrons. The lowest BCUT2D eigenvalue weighted by atomic mass is 10.0. The number of allylic oxidation sites excluding steroid dienone is 2. The molecule has 12 heavy (non-hydrogen) atoms. The van der Waals surface area contributed by atoms with E-state index in [4.69, 9.17) is 0 Å². The molecule has 0 aromatic rings. The summed E-state index contributed by atoms with van der Waals surface area (Å²) in [6.07, 6.45) is 7.43. The van der Waals surface area contributed by atoms with Gasteiger partial charge in [0.15, 0.2) is 5.78 Å². The minimum absolute atomic E-state index is 0.390. The highest BCUT2D eigenvalue weighted by atomic mass is 16.1. The van der Waals surface area contributed by atoms with Crippen LogP contribution in [-0.2, 0) is 4.79 Å². The molecule has 1 rings (SSSR count). The summed E-state index contributed by atoms with van der Waals surface area (Å²) in [4.78, 5) is 11.5. The molecule has 0 N–H and O–H groups in total. The number of Topliss-reactive ketones (excluding diaryl/α,β-unsaturated/α-hetero) is 1. The van der Waals surface area contributed by atoms with Gasteiger partial charge in [-0.1, -0.05) is 26.3 Å². The van der Waals surface area contributed by atoms with Gasteiger partial charge in [-0.25, -0.2) is 0 Å². The van der Waals surface area contributed by atoms with Crippen molar-refractivity contribution in [2.24, 2.45) is 5.92 Å². The van der Waals surface area contributed by atoms with Gasteiger partial charge in [0.1, 0.15) is 0 Å². The first kappa shape index (κ1) is 9.50. The van der Waals surface area contributed by atoms with Crippen LogP contribution in [0.2, 0.25) is 0 Å². The van der Waals surface area contributed by atoms with Crippen LogP contribution in [0.25, 0.3) is 0 Å². The summed E-state index contributed by atoms with van der Waals surface area (Å²) >= 11 is 0. The molecule has 1 aliphatic rings. The van der Waals surface area contributed by atoms with Crippen LogP contribution in [0.3, 0.4) is 0 Å². The Morgan fingerprint density at radius 2 is 1.83 bits per heavy atom. The molecule has 1 saturated carbocycles. The summed E-state index contributed by atoms with van der Waals surface area (Å²) in [5.41, 5.74) is 1.09. The third kappa shape index (κ3) is 2.80. The Labute approximate surface area is 74.9 Å². The fourth-order valence-corrected chi connectivity index (χ4v) is 1.66. The van der Waals surface area contributed by atoms with Crippen molar-refractivity contribution in [3.05, 3.63) is 11.6 Å². The van der Waals surface area contributed by atoms with E-state index >= 15 is 0 Å². The standard InChI is InChI=1S/C11H18O/c1-9(2)8-10-6-4-3-5-7-11(10)12/h8-9H,3-7H2,1-2H3/b10-8+. The van der Waals surface area contributed by atoms with Crippen molar-refractivity contribution >= 4 is 5.78 Å². The van der Waals surface area contributed by atoms with E-state index in [-0.39, 0.29) is 0 Å². The van der Waals surface area contributed by atoms with Crippen LogP contribution in [0.15, 0.2) is 11.6 Å². The summed E-state index contributed by atoms with van der Waals surface area (Å²) in [7, 11) is 0. The monoisotopic (exact) mass is 166 g/mol. The lowest BCUT2D eigenvalue weighted by Gasteiger charge is -2.03. The molecule has 1 nitrogen and oxygen atoms in total. The predicted molar refractivity (Wildman–Crippen MR) is 51.0 cm³/mol. The normalized spacial score (nSPS) is 23.2. The van der Waals surface area contributed by atoms with E-state index in [0.29, 0.717) is 11.7 Å². The summed E-state index contributed by atoms with van der Waals surface area (Å²) < 4.78 is 0. The van der Waals surface area contributed by atoms with Gasteiger partial charge in [-0.05, 0) is 30.8 Å². The third-order valence-electron chi connectivity index (χ3n) is 2.24. The third-order valence-corrected chi connectivity index (χ3v) is 2.24. The number of carbonyl (C=O) groups excluding carboxylic acids is 1. The van der Waals surface area contributed by atoms with Gasteiger partial charge in [0.2, 0.25) is 0 Å². The highest BCUT2D eigenvalue weighted by Crippen LogP contribution is 2.20. The first-order valence-corrected chi connectivity index (χ1v) is 4.94. The average molecular weight is 166 g/mol. The molecule has 0 spiro atoms. The number of hydrogen-bond donors (Lipinski definition) is 0. The Kier molecular flexibility index (Phi) is 3.51. The SMILES string of the molecule is CC(C)/C=C1\CCCCCC1=O. The van der Waals surface area contributed by atoms with Crippen molar-refractivity contribution in [1.82, 2.24) is 0 Å². The van der Waals surface area contributed by atoms with Crippen molar-refractivity contribution in [1.29, 1.82) is 0 Å². The Morgan fingerprint density at radius 3 is 2.50 bits per heavy atom. The Hall–Kier alpha value is -0.590. The van der Waals surface area contributed by atoms with E-state index in [2.05, 4.69) is 19.9 Å². The van der Waals surface area contributed by atoms with Crippen LogP contribution in [0.1, 0.15) is 46.0 Å². The topological polar surface area (TPSA) is 17.1 Å². The van der Waals surface area contributed by atoms with Crippen molar-refractivity contribution in [2.75, 3.05) is 0 Å². The number of ketones is 1. The van der Waals surface area contributed by atoms with Crippen LogP contribution < -0.4 is 0 Å². The Bertz CT molecular complexity index is 189. The maximum absolute atomic E-state index is 11.5. The van der Waals surface area contributed by atoms with E-state index in [1.54, 1.807) is 0 Å². The largest absolute Gasteiger partial charge is 0.295 e. The smallest absolute Gasteiger partial charge is 0.158 e. The van der Waals surface area contributed by atoms with Gasteiger partial charge >= 0.3 is 0 Å². The summed E-state index contributed by atoms with van der Waals surface area (Å²) in [6.45, 7) is 4.26. The van der Waals surface area contributed by atoms with Gasteiger partial charge in [0.25, 0.3) is 0 Å². The first-order valence-electron chi connectivity index (χ1n) is 4.94. The van der Waals surface area contributed by atoms with Gasteiger partial charge in [0, 0.05) is 6.42 Å². The molecule has 0 radical (unpaired) electrons. The van der Waals surface area contributed by atoms with E-state index in [0.717, 1.165) is 24.8 Å². The maximum Gasteiger partial charge on any atom is 0.158 e. The molecule has 0 unspecified atom stereocenters. The fraction of sp³-hybridized carbons (Fsp3) is 0.727. The van der Waals surface area contributed by atoms with Crippen molar-refractivity contribution < 1.29 is 4.79 Å². The molecule has 1 fully saturated rings. The van der Waals surface area contributed by atoms with Gasteiger partial charge < -0.3 is 0 Å². The molecule has 0 amide bonds. The molecule has 0 saturated heterocycles. The van der Waals surface area contributed by atoms with Gasteiger partial charge in [-0.2, -0.15) is 0 Å². The van der Waals surface area contributed by atoms with Crippen molar-refractivity contribution in [2.45, 2.75) is 46.0 Å². The zero-order valence-corrected chi connectivity index (χ0v) is 8.10. The van der Waals surface area contributed by atoms with Crippen LogP contribution in [-0.4, -0.2) is 5.78 Å². The maximum atomic E-state index is 11.5. The summed E-state index contributed by atoms with van der Waals surface area (Å²) in [5.74, 6) is 0.906.